The van der Waals surface area contributed by atoms with Gasteiger partial charge in [0, 0.05) is 10.6 Å². The van der Waals surface area contributed by atoms with Crippen LogP contribution in [0.2, 0.25) is 5.02 Å². The molecule has 0 heterocycles. The average Bonchev–Trinajstić information content (AvgIpc) is 2.48. The lowest BCUT2D eigenvalue weighted by molar-refractivity contribution is 0.0697. The van der Waals surface area contributed by atoms with Crippen molar-refractivity contribution in [1.82, 2.24) is 0 Å². The van der Waals surface area contributed by atoms with Gasteiger partial charge in [0.15, 0.2) is 0 Å². The lowest BCUT2D eigenvalue weighted by atomic mass is 10.0. The molecule has 2 rings (SSSR count). The van der Waals surface area contributed by atoms with Crippen LogP contribution in [0.5, 0.6) is 0 Å². The van der Waals surface area contributed by atoms with Crippen molar-refractivity contribution in [1.29, 1.82) is 0 Å². The first kappa shape index (κ1) is 15.6. The summed E-state index contributed by atoms with van der Waals surface area (Å²) in [5, 5.41) is 9.63. The van der Waals surface area contributed by atoms with Gasteiger partial charge in [-0.3, -0.25) is 0 Å². The zero-order chi connectivity index (χ0) is 15.2. The molecule has 2 aromatic rings. The number of hydrogen-bond donors (Lipinski definition) is 1. The molecule has 110 valence electrons. The Morgan fingerprint density at radius 2 is 1.81 bits per heavy atom. The van der Waals surface area contributed by atoms with Crippen LogP contribution in [0.1, 0.15) is 42.1 Å². The van der Waals surface area contributed by atoms with Crippen molar-refractivity contribution in [2.75, 3.05) is 0 Å². The van der Waals surface area contributed by atoms with Crippen LogP contribution in [0.15, 0.2) is 42.5 Å². The van der Waals surface area contributed by atoms with Crippen molar-refractivity contribution in [2.24, 2.45) is 0 Å². The number of hydrogen-bond acceptors (Lipinski definition) is 1. The molecule has 0 bridgehead atoms. The van der Waals surface area contributed by atoms with Crippen LogP contribution in [-0.2, 0) is 6.42 Å². The number of aryl methyl sites for hydroxylation is 1. The summed E-state index contributed by atoms with van der Waals surface area (Å²) in [4.78, 5) is 10.9. The van der Waals surface area contributed by atoms with Gasteiger partial charge in [-0.15, -0.1) is 0 Å². The summed E-state index contributed by atoms with van der Waals surface area (Å²) in [6, 6.07) is 12.9. The second kappa shape index (κ2) is 7.28. The van der Waals surface area contributed by atoms with E-state index < -0.39 is 5.97 Å². The Kier molecular flexibility index (Phi) is 5.40. The highest BCUT2D eigenvalue weighted by molar-refractivity contribution is 6.33. The average molecular weight is 303 g/mol. The van der Waals surface area contributed by atoms with E-state index in [9.17, 15) is 4.79 Å². The smallest absolute Gasteiger partial charge is 0.335 e. The first-order valence-electron chi connectivity index (χ1n) is 7.24. The van der Waals surface area contributed by atoms with Crippen molar-refractivity contribution in [3.8, 4) is 11.1 Å². The van der Waals surface area contributed by atoms with E-state index in [0.717, 1.165) is 17.5 Å². The van der Waals surface area contributed by atoms with Crippen LogP contribution in [0.3, 0.4) is 0 Å². The number of aromatic carboxylic acids is 1. The Morgan fingerprint density at radius 1 is 1.10 bits per heavy atom. The highest BCUT2D eigenvalue weighted by atomic mass is 35.5. The molecule has 0 unspecified atom stereocenters. The minimum atomic E-state index is -0.918. The normalized spacial score (nSPS) is 10.6. The van der Waals surface area contributed by atoms with E-state index in [-0.39, 0.29) is 5.56 Å². The van der Waals surface area contributed by atoms with Crippen LogP contribution in [0.25, 0.3) is 11.1 Å². The summed E-state index contributed by atoms with van der Waals surface area (Å²) in [5.41, 5.74) is 3.41. The highest BCUT2D eigenvalue weighted by Crippen LogP contribution is 2.29. The molecule has 0 saturated carbocycles. The minimum absolute atomic E-state index is 0.283. The largest absolute Gasteiger partial charge is 0.478 e. The van der Waals surface area contributed by atoms with Gasteiger partial charge in [0.25, 0.3) is 0 Å². The number of halogens is 1. The molecule has 21 heavy (non-hydrogen) atoms. The summed E-state index contributed by atoms with van der Waals surface area (Å²) in [5.74, 6) is -0.918. The van der Waals surface area contributed by atoms with Gasteiger partial charge in [-0.25, -0.2) is 4.79 Å². The van der Waals surface area contributed by atoms with Crippen molar-refractivity contribution < 1.29 is 9.90 Å². The molecule has 0 aliphatic heterocycles. The highest BCUT2D eigenvalue weighted by Gasteiger charge is 2.07. The Hall–Kier alpha value is -1.80. The van der Waals surface area contributed by atoms with Gasteiger partial charge >= 0.3 is 5.97 Å². The molecule has 0 fully saturated rings. The molecule has 0 spiro atoms. The van der Waals surface area contributed by atoms with Crippen molar-refractivity contribution >= 4 is 17.6 Å². The van der Waals surface area contributed by atoms with Crippen LogP contribution in [0.4, 0.5) is 0 Å². The van der Waals surface area contributed by atoms with E-state index >= 15 is 0 Å². The number of unbranched alkanes of at least 4 members (excludes halogenated alkanes) is 2. The summed E-state index contributed by atoms with van der Waals surface area (Å²) in [6.07, 6.45) is 4.67. The number of carboxylic acid groups (broad SMARTS) is 1. The fourth-order valence-electron chi connectivity index (χ4n) is 2.32. The van der Waals surface area contributed by atoms with Gasteiger partial charge in [0.2, 0.25) is 0 Å². The SMILES string of the molecule is CCCCCc1ccc(-c2ccc(C(=O)O)cc2)c(Cl)c1. The third-order valence-electron chi connectivity index (χ3n) is 3.55. The third-order valence-corrected chi connectivity index (χ3v) is 3.86. The predicted molar refractivity (Wildman–Crippen MR) is 87.1 cm³/mol. The van der Waals surface area contributed by atoms with E-state index in [0.29, 0.717) is 5.02 Å². The third kappa shape index (κ3) is 4.08. The Morgan fingerprint density at radius 3 is 2.38 bits per heavy atom. The molecular formula is C18H19ClO2. The van der Waals surface area contributed by atoms with Crippen molar-refractivity contribution in [3.05, 3.63) is 58.6 Å². The zero-order valence-electron chi connectivity index (χ0n) is 12.1. The summed E-state index contributed by atoms with van der Waals surface area (Å²) in [6.45, 7) is 2.19. The van der Waals surface area contributed by atoms with Gasteiger partial charge in [-0.1, -0.05) is 55.6 Å². The zero-order valence-corrected chi connectivity index (χ0v) is 12.9. The Bertz CT molecular complexity index is 618. The van der Waals surface area contributed by atoms with Gasteiger partial charge in [-0.2, -0.15) is 0 Å². The predicted octanol–water partition coefficient (Wildman–Crippen LogP) is 5.44. The maximum atomic E-state index is 10.9. The lowest BCUT2D eigenvalue weighted by Gasteiger charge is -2.08. The molecule has 2 nitrogen and oxygen atoms in total. The molecule has 0 atom stereocenters. The van der Waals surface area contributed by atoms with E-state index in [2.05, 4.69) is 13.0 Å². The van der Waals surface area contributed by atoms with Gasteiger partial charge in [0.05, 0.1) is 5.56 Å². The first-order chi connectivity index (χ1) is 10.1. The lowest BCUT2D eigenvalue weighted by Crippen LogP contribution is -1.95. The summed E-state index contributed by atoms with van der Waals surface area (Å²) >= 11 is 6.36. The van der Waals surface area contributed by atoms with E-state index in [1.165, 1.54) is 24.8 Å². The monoisotopic (exact) mass is 302 g/mol. The molecule has 0 aliphatic rings. The second-order valence-corrected chi connectivity index (χ2v) is 5.56. The van der Waals surface area contributed by atoms with Crippen molar-refractivity contribution in [3.63, 3.8) is 0 Å². The maximum absolute atomic E-state index is 10.9. The second-order valence-electron chi connectivity index (χ2n) is 5.15. The van der Waals surface area contributed by atoms with E-state index in [1.807, 2.05) is 12.1 Å². The molecular weight excluding hydrogens is 284 g/mol. The molecule has 0 aliphatic carbocycles. The minimum Gasteiger partial charge on any atom is -0.478 e. The van der Waals surface area contributed by atoms with Gasteiger partial charge in [0.1, 0.15) is 0 Å². The number of benzene rings is 2. The van der Waals surface area contributed by atoms with E-state index in [1.54, 1.807) is 24.3 Å². The van der Waals surface area contributed by atoms with Crippen LogP contribution in [-0.4, -0.2) is 11.1 Å². The summed E-state index contributed by atoms with van der Waals surface area (Å²) in [7, 11) is 0. The number of carbonyl (C=O) groups is 1. The topological polar surface area (TPSA) is 37.3 Å². The standard InChI is InChI=1S/C18H19ClO2/c1-2-3-4-5-13-6-11-16(17(19)12-13)14-7-9-15(10-8-14)18(20)21/h6-12H,2-5H2,1H3,(H,20,21). The van der Waals surface area contributed by atoms with Gasteiger partial charge in [-0.05, 0) is 42.2 Å². The number of carboxylic acids is 1. The Balaban J connectivity index is 2.18. The number of rotatable bonds is 6. The van der Waals surface area contributed by atoms with Crippen LogP contribution in [0, 0.1) is 0 Å². The molecule has 0 saturated heterocycles. The van der Waals surface area contributed by atoms with Crippen molar-refractivity contribution in [2.45, 2.75) is 32.6 Å². The summed E-state index contributed by atoms with van der Waals surface area (Å²) < 4.78 is 0. The molecule has 0 radical (unpaired) electrons. The quantitative estimate of drug-likeness (QED) is 0.722. The fraction of sp³-hybridized carbons (Fsp3) is 0.278. The fourth-order valence-corrected chi connectivity index (χ4v) is 2.63. The molecule has 0 amide bonds. The Labute approximate surface area is 130 Å². The maximum Gasteiger partial charge on any atom is 0.335 e. The molecule has 3 heteroatoms. The molecule has 0 aromatic heterocycles. The van der Waals surface area contributed by atoms with Crippen LogP contribution < -0.4 is 0 Å². The van der Waals surface area contributed by atoms with Gasteiger partial charge < -0.3 is 5.11 Å². The first-order valence-corrected chi connectivity index (χ1v) is 7.61. The molecule has 1 N–H and O–H groups in total. The molecule has 2 aromatic carbocycles. The van der Waals surface area contributed by atoms with E-state index in [4.69, 9.17) is 16.7 Å². The van der Waals surface area contributed by atoms with Crippen LogP contribution >= 0.6 is 11.6 Å².